The van der Waals surface area contributed by atoms with Gasteiger partial charge in [-0.1, -0.05) is 0 Å². The van der Waals surface area contributed by atoms with E-state index in [0.717, 1.165) is 17.7 Å². The molecule has 0 saturated carbocycles. The Bertz CT molecular complexity index is 907. The van der Waals surface area contributed by atoms with Crippen LogP contribution in [0.1, 0.15) is 25.8 Å². The topological polar surface area (TPSA) is 84.9 Å². The molecular weight excluding hydrogens is 410 g/mol. The van der Waals surface area contributed by atoms with Gasteiger partial charge in [0.2, 0.25) is 5.13 Å². The summed E-state index contributed by atoms with van der Waals surface area (Å²) in [4.78, 5) is 12.7. The number of hydrogen-bond donors (Lipinski definition) is 2. The van der Waals surface area contributed by atoms with Crippen LogP contribution in [0.4, 0.5) is 25.4 Å². The van der Waals surface area contributed by atoms with Crippen molar-refractivity contribution in [1.82, 2.24) is 19.3 Å². The Labute approximate surface area is 171 Å². The molecule has 3 rings (SSSR count). The first-order valence-electron chi connectivity index (χ1n) is 8.16. The SMILES string of the molecule is CNc1cc(C(F)F)cnc1Nc1nc(-c2ccc(OC(C)C)cn2)ns1.Cl. The minimum absolute atomic E-state index is 0. The predicted octanol–water partition coefficient (Wildman–Crippen LogP) is 4.93. The van der Waals surface area contributed by atoms with Crippen LogP contribution < -0.4 is 15.4 Å². The van der Waals surface area contributed by atoms with Crippen LogP contribution in [-0.2, 0) is 0 Å². The van der Waals surface area contributed by atoms with Crippen LogP contribution in [0.3, 0.4) is 0 Å². The molecule has 0 aromatic carbocycles. The number of ether oxygens (including phenoxy) is 1. The van der Waals surface area contributed by atoms with Gasteiger partial charge in [-0.05, 0) is 32.0 Å². The normalized spacial score (nSPS) is 10.7. The lowest BCUT2D eigenvalue weighted by molar-refractivity contribution is 0.151. The van der Waals surface area contributed by atoms with Gasteiger partial charge in [0.15, 0.2) is 11.6 Å². The number of nitrogens with one attached hydrogen (secondary N) is 2. The lowest BCUT2D eigenvalue weighted by Gasteiger charge is -2.10. The highest BCUT2D eigenvalue weighted by molar-refractivity contribution is 7.09. The molecule has 0 aliphatic rings. The number of alkyl halides is 2. The summed E-state index contributed by atoms with van der Waals surface area (Å²) in [7, 11) is 1.63. The number of rotatable bonds is 7. The van der Waals surface area contributed by atoms with Gasteiger partial charge in [0.1, 0.15) is 11.4 Å². The molecule has 0 saturated heterocycles. The smallest absolute Gasteiger partial charge is 0.265 e. The van der Waals surface area contributed by atoms with E-state index in [-0.39, 0.29) is 24.1 Å². The minimum Gasteiger partial charge on any atom is -0.489 e. The van der Waals surface area contributed by atoms with Gasteiger partial charge in [0.25, 0.3) is 6.43 Å². The van der Waals surface area contributed by atoms with Crippen molar-refractivity contribution in [2.75, 3.05) is 17.7 Å². The van der Waals surface area contributed by atoms with Gasteiger partial charge >= 0.3 is 0 Å². The maximum absolute atomic E-state index is 12.8. The first kappa shape index (κ1) is 21.7. The first-order chi connectivity index (χ1) is 13.0. The largest absolute Gasteiger partial charge is 0.489 e. The van der Waals surface area contributed by atoms with Crippen LogP contribution in [0.5, 0.6) is 5.75 Å². The van der Waals surface area contributed by atoms with Crippen molar-refractivity contribution in [3.05, 3.63) is 36.2 Å². The van der Waals surface area contributed by atoms with Crippen LogP contribution in [0.15, 0.2) is 30.6 Å². The second kappa shape index (κ2) is 9.56. The summed E-state index contributed by atoms with van der Waals surface area (Å²) in [6.07, 6.45) is 0.231. The van der Waals surface area contributed by atoms with E-state index >= 15 is 0 Å². The van der Waals surface area contributed by atoms with E-state index in [4.69, 9.17) is 4.74 Å². The second-order valence-corrected chi connectivity index (χ2v) is 6.56. The van der Waals surface area contributed by atoms with Crippen molar-refractivity contribution in [2.45, 2.75) is 26.4 Å². The number of pyridine rings is 2. The third-order valence-electron chi connectivity index (χ3n) is 3.42. The first-order valence-corrected chi connectivity index (χ1v) is 8.93. The zero-order valence-corrected chi connectivity index (χ0v) is 16.9. The van der Waals surface area contributed by atoms with Gasteiger partial charge in [0.05, 0.1) is 18.0 Å². The van der Waals surface area contributed by atoms with Gasteiger partial charge < -0.3 is 15.4 Å². The minimum atomic E-state index is -2.58. The van der Waals surface area contributed by atoms with Gasteiger partial charge in [0, 0.05) is 30.3 Å². The van der Waals surface area contributed by atoms with Gasteiger partial charge in [-0.15, -0.1) is 12.4 Å². The highest BCUT2D eigenvalue weighted by Crippen LogP contribution is 2.29. The van der Waals surface area contributed by atoms with Crippen molar-refractivity contribution in [3.8, 4) is 17.3 Å². The highest BCUT2D eigenvalue weighted by Gasteiger charge is 2.14. The molecule has 7 nitrogen and oxygen atoms in total. The molecule has 0 bridgehead atoms. The Hall–Kier alpha value is -2.59. The summed E-state index contributed by atoms with van der Waals surface area (Å²) in [5, 5.41) is 6.31. The molecule has 0 unspecified atom stereocenters. The quantitative estimate of drug-likeness (QED) is 0.552. The van der Waals surface area contributed by atoms with Crippen molar-refractivity contribution in [2.24, 2.45) is 0 Å². The molecule has 0 aliphatic heterocycles. The van der Waals surface area contributed by atoms with Crippen LogP contribution in [0, 0.1) is 0 Å². The molecule has 0 fully saturated rings. The Kier molecular flexibility index (Phi) is 7.41. The molecule has 2 N–H and O–H groups in total. The van der Waals surface area contributed by atoms with E-state index in [1.165, 1.54) is 6.07 Å². The van der Waals surface area contributed by atoms with Crippen molar-refractivity contribution < 1.29 is 13.5 Å². The maximum atomic E-state index is 12.8. The summed E-state index contributed by atoms with van der Waals surface area (Å²) in [5.74, 6) is 1.51. The van der Waals surface area contributed by atoms with Crippen molar-refractivity contribution in [3.63, 3.8) is 0 Å². The fourth-order valence-corrected chi connectivity index (χ4v) is 2.80. The summed E-state index contributed by atoms with van der Waals surface area (Å²) in [6, 6.07) is 4.93. The van der Waals surface area contributed by atoms with Crippen LogP contribution in [0.2, 0.25) is 0 Å². The van der Waals surface area contributed by atoms with Crippen LogP contribution >= 0.6 is 23.9 Å². The van der Waals surface area contributed by atoms with Crippen LogP contribution in [-0.4, -0.2) is 32.5 Å². The van der Waals surface area contributed by atoms with E-state index in [0.29, 0.717) is 33.9 Å². The lowest BCUT2D eigenvalue weighted by atomic mass is 10.2. The van der Waals surface area contributed by atoms with Crippen molar-refractivity contribution >= 4 is 40.6 Å². The molecule has 0 amide bonds. The standard InChI is InChI=1S/C17H18F2N6OS.ClH/c1-9(2)26-11-4-5-12(21-8-11)16-24-17(27-25-16)23-15-13(20-3)6-10(7-22-15)14(18)19;/h4-9,14,20H,1-3H3,(H,22,23,24,25);1H. The van der Waals surface area contributed by atoms with Crippen molar-refractivity contribution in [1.29, 1.82) is 0 Å². The van der Waals surface area contributed by atoms with Gasteiger partial charge in [-0.3, -0.25) is 0 Å². The molecule has 0 spiro atoms. The van der Waals surface area contributed by atoms with E-state index in [1.807, 2.05) is 13.8 Å². The number of nitrogens with zero attached hydrogens (tertiary/aromatic N) is 4. The van der Waals surface area contributed by atoms with E-state index in [1.54, 1.807) is 25.4 Å². The molecular formula is C17H19ClF2N6OS. The van der Waals surface area contributed by atoms with Crippen LogP contribution in [0.25, 0.3) is 11.5 Å². The molecule has 0 aliphatic carbocycles. The Morgan fingerprint density at radius 3 is 2.54 bits per heavy atom. The lowest BCUT2D eigenvalue weighted by Crippen LogP contribution is -2.05. The average Bonchev–Trinajstić information content (AvgIpc) is 3.10. The number of halogens is 3. The van der Waals surface area contributed by atoms with Gasteiger partial charge in [-0.25, -0.2) is 18.7 Å². The number of aromatic nitrogens is 4. The Balaban J connectivity index is 0.00000280. The summed E-state index contributed by atoms with van der Waals surface area (Å²) >= 11 is 1.12. The number of hydrogen-bond acceptors (Lipinski definition) is 8. The molecule has 0 radical (unpaired) electrons. The van der Waals surface area contributed by atoms with E-state index in [2.05, 4.69) is 30.0 Å². The molecule has 11 heteroatoms. The molecule has 150 valence electrons. The average molecular weight is 429 g/mol. The zero-order chi connectivity index (χ0) is 19.4. The zero-order valence-electron chi connectivity index (χ0n) is 15.3. The molecule has 3 aromatic rings. The fraction of sp³-hybridized carbons (Fsp3) is 0.294. The molecule has 0 atom stereocenters. The summed E-state index contributed by atoms with van der Waals surface area (Å²) in [5.41, 5.74) is 0.888. The third kappa shape index (κ3) is 5.23. The van der Waals surface area contributed by atoms with E-state index in [9.17, 15) is 8.78 Å². The Morgan fingerprint density at radius 1 is 1.14 bits per heavy atom. The summed E-state index contributed by atoms with van der Waals surface area (Å²) in [6.45, 7) is 3.88. The third-order valence-corrected chi connectivity index (χ3v) is 4.05. The fourth-order valence-electron chi connectivity index (χ4n) is 2.22. The highest BCUT2D eigenvalue weighted by atomic mass is 35.5. The molecule has 28 heavy (non-hydrogen) atoms. The van der Waals surface area contributed by atoms with E-state index < -0.39 is 6.43 Å². The predicted molar refractivity (Wildman–Crippen MR) is 108 cm³/mol. The second-order valence-electron chi connectivity index (χ2n) is 5.81. The summed E-state index contributed by atoms with van der Waals surface area (Å²) < 4.78 is 35.4. The van der Waals surface area contributed by atoms with Gasteiger partial charge in [-0.2, -0.15) is 9.36 Å². The Morgan fingerprint density at radius 2 is 1.93 bits per heavy atom. The maximum Gasteiger partial charge on any atom is 0.265 e. The number of anilines is 3. The molecule has 3 aromatic heterocycles. The molecule has 3 heterocycles. The monoisotopic (exact) mass is 428 g/mol.